The standard InChI is InChI=1S/C18H13BrN2O3/c19-12-5-3-6-13(11-12)24-18-14(7-4-10-20-18)17(23)21-15-8-1-2-9-16(15)22/h1-11,22H,(H,21,23). The average Bonchev–Trinajstić information content (AvgIpc) is 2.57. The number of halogens is 1. The van der Waals surface area contributed by atoms with E-state index >= 15 is 0 Å². The fourth-order valence-corrected chi connectivity index (χ4v) is 2.43. The Bertz CT molecular complexity index is 883. The Morgan fingerprint density at radius 2 is 1.92 bits per heavy atom. The van der Waals surface area contributed by atoms with Gasteiger partial charge in [0.05, 0.1) is 5.69 Å². The number of aromatic nitrogens is 1. The number of pyridine rings is 1. The van der Waals surface area contributed by atoms with Gasteiger partial charge < -0.3 is 15.2 Å². The van der Waals surface area contributed by atoms with Crippen molar-refractivity contribution in [2.24, 2.45) is 0 Å². The van der Waals surface area contributed by atoms with Crippen LogP contribution >= 0.6 is 15.9 Å². The zero-order valence-electron chi connectivity index (χ0n) is 12.4. The number of ether oxygens (including phenoxy) is 1. The van der Waals surface area contributed by atoms with Crippen molar-refractivity contribution in [1.82, 2.24) is 4.98 Å². The van der Waals surface area contributed by atoms with Crippen molar-refractivity contribution in [1.29, 1.82) is 0 Å². The molecule has 0 bridgehead atoms. The number of phenols is 1. The van der Waals surface area contributed by atoms with Gasteiger partial charge >= 0.3 is 0 Å². The summed E-state index contributed by atoms with van der Waals surface area (Å²) in [6.45, 7) is 0. The first-order chi connectivity index (χ1) is 11.6. The van der Waals surface area contributed by atoms with Crippen molar-refractivity contribution in [2.75, 3.05) is 5.32 Å². The third kappa shape index (κ3) is 3.72. The van der Waals surface area contributed by atoms with Crippen molar-refractivity contribution in [2.45, 2.75) is 0 Å². The van der Waals surface area contributed by atoms with E-state index in [4.69, 9.17) is 4.74 Å². The molecule has 1 amide bonds. The number of carbonyl (C=O) groups is 1. The lowest BCUT2D eigenvalue weighted by Gasteiger charge is -2.11. The molecule has 24 heavy (non-hydrogen) atoms. The maximum atomic E-state index is 12.5. The predicted molar refractivity (Wildman–Crippen MR) is 94.5 cm³/mol. The molecule has 1 aromatic heterocycles. The van der Waals surface area contributed by atoms with Gasteiger partial charge in [-0.2, -0.15) is 0 Å². The summed E-state index contributed by atoms with van der Waals surface area (Å²) in [5.41, 5.74) is 0.584. The van der Waals surface area contributed by atoms with Gasteiger partial charge in [-0.15, -0.1) is 0 Å². The second-order valence-corrected chi connectivity index (χ2v) is 5.80. The van der Waals surface area contributed by atoms with E-state index < -0.39 is 5.91 Å². The van der Waals surface area contributed by atoms with Gasteiger partial charge in [0.15, 0.2) is 0 Å². The summed E-state index contributed by atoms with van der Waals surface area (Å²) in [7, 11) is 0. The number of anilines is 1. The summed E-state index contributed by atoms with van der Waals surface area (Å²) in [4.78, 5) is 16.6. The molecule has 0 aliphatic carbocycles. The van der Waals surface area contributed by atoms with Crippen LogP contribution in [0.5, 0.6) is 17.4 Å². The number of carbonyl (C=O) groups excluding carboxylic acids is 1. The SMILES string of the molecule is O=C(Nc1ccccc1O)c1cccnc1Oc1cccc(Br)c1. The highest BCUT2D eigenvalue weighted by molar-refractivity contribution is 9.10. The quantitative estimate of drug-likeness (QED) is 0.645. The highest BCUT2D eigenvalue weighted by Crippen LogP contribution is 2.27. The van der Waals surface area contributed by atoms with E-state index in [0.29, 0.717) is 11.4 Å². The molecule has 0 radical (unpaired) electrons. The molecular formula is C18H13BrN2O3. The Morgan fingerprint density at radius 3 is 2.71 bits per heavy atom. The van der Waals surface area contributed by atoms with Crippen LogP contribution in [0, 0.1) is 0 Å². The van der Waals surface area contributed by atoms with E-state index in [1.165, 1.54) is 6.07 Å². The normalized spacial score (nSPS) is 10.2. The van der Waals surface area contributed by atoms with Crippen molar-refractivity contribution in [3.8, 4) is 17.4 Å². The van der Waals surface area contributed by atoms with E-state index in [2.05, 4.69) is 26.2 Å². The number of phenolic OH excluding ortho intramolecular Hbond substituents is 1. The van der Waals surface area contributed by atoms with E-state index in [9.17, 15) is 9.90 Å². The molecular weight excluding hydrogens is 372 g/mol. The number of amides is 1. The van der Waals surface area contributed by atoms with Gasteiger partial charge in [-0.05, 0) is 42.5 Å². The molecule has 0 unspecified atom stereocenters. The number of aromatic hydroxyl groups is 1. The Labute approximate surface area is 147 Å². The van der Waals surface area contributed by atoms with Crippen molar-refractivity contribution < 1.29 is 14.6 Å². The molecule has 0 spiro atoms. The number of nitrogens with zero attached hydrogens (tertiary/aromatic N) is 1. The monoisotopic (exact) mass is 384 g/mol. The van der Waals surface area contributed by atoms with Gasteiger partial charge in [0.1, 0.15) is 17.1 Å². The van der Waals surface area contributed by atoms with E-state index in [1.54, 1.807) is 48.7 Å². The lowest BCUT2D eigenvalue weighted by atomic mass is 10.2. The van der Waals surface area contributed by atoms with Crippen molar-refractivity contribution >= 4 is 27.5 Å². The highest BCUT2D eigenvalue weighted by atomic mass is 79.9. The van der Waals surface area contributed by atoms with E-state index in [0.717, 1.165) is 4.47 Å². The molecule has 0 saturated carbocycles. The van der Waals surface area contributed by atoms with Crippen LogP contribution in [0.1, 0.15) is 10.4 Å². The van der Waals surface area contributed by atoms with Crippen LogP contribution in [-0.2, 0) is 0 Å². The Hall–Kier alpha value is -2.86. The lowest BCUT2D eigenvalue weighted by Crippen LogP contribution is -2.13. The molecule has 0 aliphatic rings. The molecule has 0 aliphatic heterocycles. The molecule has 0 saturated heterocycles. The van der Waals surface area contributed by atoms with Crippen LogP contribution in [-0.4, -0.2) is 16.0 Å². The van der Waals surface area contributed by atoms with Crippen LogP contribution in [0.25, 0.3) is 0 Å². The van der Waals surface area contributed by atoms with Crippen LogP contribution < -0.4 is 10.1 Å². The second-order valence-electron chi connectivity index (χ2n) is 4.89. The maximum Gasteiger partial charge on any atom is 0.261 e. The number of hydrogen-bond donors (Lipinski definition) is 2. The predicted octanol–water partition coefficient (Wildman–Crippen LogP) is 4.59. The zero-order valence-corrected chi connectivity index (χ0v) is 14.0. The molecule has 120 valence electrons. The summed E-state index contributed by atoms with van der Waals surface area (Å²) < 4.78 is 6.57. The Morgan fingerprint density at radius 1 is 1.08 bits per heavy atom. The minimum Gasteiger partial charge on any atom is -0.506 e. The van der Waals surface area contributed by atoms with Crippen LogP contribution in [0.15, 0.2) is 71.3 Å². The number of hydrogen-bond acceptors (Lipinski definition) is 4. The molecule has 2 aromatic carbocycles. The van der Waals surface area contributed by atoms with Gasteiger partial charge in [-0.1, -0.05) is 34.1 Å². The van der Waals surface area contributed by atoms with E-state index in [-0.39, 0.29) is 17.2 Å². The second kappa shape index (κ2) is 7.14. The van der Waals surface area contributed by atoms with Gasteiger partial charge in [0, 0.05) is 10.7 Å². The van der Waals surface area contributed by atoms with Gasteiger partial charge in [-0.3, -0.25) is 4.79 Å². The first-order valence-corrected chi connectivity index (χ1v) is 7.90. The molecule has 3 aromatic rings. The van der Waals surface area contributed by atoms with Crippen LogP contribution in [0.3, 0.4) is 0 Å². The van der Waals surface area contributed by atoms with Crippen LogP contribution in [0.2, 0.25) is 0 Å². The molecule has 6 heteroatoms. The number of para-hydroxylation sites is 2. The van der Waals surface area contributed by atoms with Gasteiger partial charge in [0.2, 0.25) is 5.88 Å². The summed E-state index contributed by atoms with van der Waals surface area (Å²) in [5, 5.41) is 12.4. The first-order valence-electron chi connectivity index (χ1n) is 7.11. The van der Waals surface area contributed by atoms with Gasteiger partial charge in [-0.25, -0.2) is 4.98 Å². The summed E-state index contributed by atoms with van der Waals surface area (Å²) in [6.07, 6.45) is 1.55. The third-order valence-electron chi connectivity index (χ3n) is 3.18. The zero-order chi connectivity index (χ0) is 16.9. The molecule has 5 nitrogen and oxygen atoms in total. The fourth-order valence-electron chi connectivity index (χ4n) is 2.06. The Kier molecular flexibility index (Phi) is 4.77. The topological polar surface area (TPSA) is 71.5 Å². The molecule has 1 heterocycles. The lowest BCUT2D eigenvalue weighted by molar-refractivity contribution is 0.102. The minimum atomic E-state index is -0.422. The number of benzene rings is 2. The number of rotatable bonds is 4. The molecule has 0 fully saturated rings. The van der Waals surface area contributed by atoms with Crippen molar-refractivity contribution in [3.05, 3.63) is 76.9 Å². The molecule has 2 N–H and O–H groups in total. The largest absolute Gasteiger partial charge is 0.506 e. The summed E-state index contributed by atoms with van der Waals surface area (Å²) >= 11 is 3.37. The molecule has 3 rings (SSSR count). The highest BCUT2D eigenvalue weighted by Gasteiger charge is 2.15. The minimum absolute atomic E-state index is 0.0100. The molecule has 0 atom stereocenters. The first kappa shape index (κ1) is 16.0. The van der Waals surface area contributed by atoms with E-state index in [1.807, 2.05) is 12.1 Å². The van der Waals surface area contributed by atoms with Gasteiger partial charge in [0.25, 0.3) is 5.91 Å². The fraction of sp³-hybridized carbons (Fsp3) is 0. The average molecular weight is 385 g/mol. The smallest absolute Gasteiger partial charge is 0.261 e. The summed E-state index contributed by atoms with van der Waals surface area (Å²) in [6, 6.07) is 17.0. The number of nitrogens with one attached hydrogen (secondary N) is 1. The summed E-state index contributed by atoms with van der Waals surface area (Å²) in [5.74, 6) is 0.307. The third-order valence-corrected chi connectivity index (χ3v) is 3.67. The van der Waals surface area contributed by atoms with Crippen molar-refractivity contribution in [3.63, 3.8) is 0 Å². The Balaban J connectivity index is 1.86. The van der Waals surface area contributed by atoms with Crippen LogP contribution in [0.4, 0.5) is 5.69 Å². The maximum absolute atomic E-state index is 12.5.